The molecule has 0 aliphatic heterocycles. The summed E-state index contributed by atoms with van der Waals surface area (Å²) in [5.41, 5.74) is 1.40. The van der Waals surface area contributed by atoms with Crippen molar-refractivity contribution in [2.45, 2.75) is 19.4 Å². The van der Waals surface area contributed by atoms with Crippen molar-refractivity contribution in [2.75, 3.05) is 13.7 Å². The summed E-state index contributed by atoms with van der Waals surface area (Å²) >= 11 is 0. The normalized spacial score (nSPS) is 12.4. The summed E-state index contributed by atoms with van der Waals surface area (Å²) < 4.78 is 33.7. The number of ether oxygens (including phenoxy) is 1. The molecule has 1 unspecified atom stereocenters. The first kappa shape index (κ1) is 15.4. The fourth-order valence-corrected chi connectivity index (χ4v) is 2.27. The number of aromatic nitrogens is 2. The molecule has 0 spiro atoms. The van der Waals surface area contributed by atoms with Crippen molar-refractivity contribution in [2.24, 2.45) is 7.05 Å². The van der Waals surface area contributed by atoms with Crippen LogP contribution in [0.25, 0.3) is 0 Å². The van der Waals surface area contributed by atoms with Gasteiger partial charge in [0.05, 0.1) is 19.3 Å². The van der Waals surface area contributed by atoms with Crippen LogP contribution in [0.15, 0.2) is 24.4 Å². The molecule has 0 radical (unpaired) electrons. The molecule has 1 atom stereocenters. The molecule has 0 aliphatic carbocycles. The molecule has 1 aromatic heterocycles. The number of aryl methyl sites for hydroxylation is 1. The maximum Gasteiger partial charge on any atom is 0.161 e. The third-order valence-electron chi connectivity index (χ3n) is 3.32. The van der Waals surface area contributed by atoms with Crippen molar-refractivity contribution in [1.29, 1.82) is 0 Å². The first-order chi connectivity index (χ1) is 10.1. The van der Waals surface area contributed by atoms with Crippen molar-refractivity contribution >= 4 is 0 Å². The Kier molecular flexibility index (Phi) is 4.90. The van der Waals surface area contributed by atoms with E-state index in [1.54, 1.807) is 31.1 Å². The number of nitrogens with zero attached hydrogens (tertiary/aromatic N) is 2. The van der Waals surface area contributed by atoms with E-state index < -0.39 is 11.6 Å². The summed E-state index contributed by atoms with van der Waals surface area (Å²) in [6.45, 7) is 2.77. The predicted molar refractivity (Wildman–Crippen MR) is 76.3 cm³/mol. The summed E-state index contributed by atoms with van der Waals surface area (Å²) in [4.78, 5) is 0. The second-order valence-corrected chi connectivity index (χ2v) is 4.78. The zero-order valence-electron chi connectivity index (χ0n) is 12.4. The van der Waals surface area contributed by atoms with E-state index in [0.717, 1.165) is 24.7 Å². The Hall–Kier alpha value is -1.95. The molecule has 21 heavy (non-hydrogen) atoms. The molecule has 0 bridgehead atoms. The van der Waals surface area contributed by atoms with Gasteiger partial charge in [0, 0.05) is 7.05 Å². The molecule has 1 heterocycles. The van der Waals surface area contributed by atoms with Crippen molar-refractivity contribution in [3.05, 3.63) is 47.3 Å². The molecule has 0 saturated heterocycles. The number of halogens is 2. The average molecular weight is 295 g/mol. The van der Waals surface area contributed by atoms with Crippen LogP contribution in [-0.4, -0.2) is 23.4 Å². The topological polar surface area (TPSA) is 39.1 Å². The highest BCUT2D eigenvalue weighted by Gasteiger charge is 2.23. The van der Waals surface area contributed by atoms with Crippen molar-refractivity contribution in [3.8, 4) is 5.75 Å². The molecule has 0 fully saturated rings. The van der Waals surface area contributed by atoms with Gasteiger partial charge in [0.25, 0.3) is 0 Å². The Bertz CT molecular complexity index is 613. The molecule has 0 amide bonds. The molecular weight excluding hydrogens is 276 g/mol. The molecule has 6 heteroatoms. The van der Waals surface area contributed by atoms with Crippen molar-refractivity contribution in [1.82, 2.24) is 15.1 Å². The van der Waals surface area contributed by atoms with Crippen LogP contribution in [0, 0.1) is 11.6 Å². The van der Waals surface area contributed by atoms with Crippen LogP contribution in [0.2, 0.25) is 0 Å². The Morgan fingerprint density at radius 1 is 1.33 bits per heavy atom. The monoisotopic (exact) mass is 295 g/mol. The molecule has 2 rings (SSSR count). The maximum absolute atomic E-state index is 13.5. The Morgan fingerprint density at radius 3 is 2.71 bits per heavy atom. The highest BCUT2D eigenvalue weighted by Crippen LogP contribution is 2.30. The summed E-state index contributed by atoms with van der Waals surface area (Å²) in [5.74, 6) is -1.11. The summed E-state index contributed by atoms with van der Waals surface area (Å²) in [5, 5.41) is 7.49. The van der Waals surface area contributed by atoms with E-state index in [4.69, 9.17) is 4.74 Å². The van der Waals surface area contributed by atoms with E-state index in [-0.39, 0.29) is 6.04 Å². The second-order valence-electron chi connectivity index (χ2n) is 4.78. The zero-order chi connectivity index (χ0) is 15.4. The maximum atomic E-state index is 13.5. The number of rotatable bonds is 6. The zero-order valence-corrected chi connectivity index (χ0v) is 12.4. The minimum atomic E-state index is -0.864. The number of benzene rings is 1. The molecule has 1 N–H and O–H groups in total. The number of methoxy groups -OCH3 is 1. The van der Waals surface area contributed by atoms with E-state index in [2.05, 4.69) is 10.4 Å². The largest absolute Gasteiger partial charge is 0.493 e. The van der Waals surface area contributed by atoms with Gasteiger partial charge < -0.3 is 10.1 Å². The van der Waals surface area contributed by atoms with Crippen LogP contribution < -0.4 is 10.1 Å². The second kappa shape index (κ2) is 6.67. The number of hydrogen-bond acceptors (Lipinski definition) is 3. The fourth-order valence-electron chi connectivity index (χ4n) is 2.27. The fraction of sp³-hybridized carbons (Fsp3) is 0.400. The van der Waals surface area contributed by atoms with Crippen LogP contribution in [0.1, 0.15) is 30.6 Å². The first-order valence-electron chi connectivity index (χ1n) is 6.82. The molecule has 1 aromatic carbocycles. The highest BCUT2D eigenvalue weighted by molar-refractivity contribution is 5.36. The lowest BCUT2D eigenvalue weighted by atomic mass is 10.0. The standard InChI is InChI=1S/C15H19F2N3O/c1-4-7-18-14(10-5-6-11(16)12(17)8-10)15-13(21-3)9-19-20(15)2/h5-6,8-9,14,18H,4,7H2,1-3H3. The molecule has 2 aromatic rings. The molecule has 0 aliphatic rings. The van der Waals surface area contributed by atoms with Gasteiger partial charge in [-0.2, -0.15) is 5.10 Å². The van der Waals surface area contributed by atoms with Gasteiger partial charge in [-0.3, -0.25) is 4.68 Å². The van der Waals surface area contributed by atoms with E-state index in [1.165, 1.54) is 6.07 Å². The lowest BCUT2D eigenvalue weighted by Crippen LogP contribution is -2.26. The lowest BCUT2D eigenvalue weighted by molar-refractivity contribution is 0.400. The summed E-state index contributed by atoms with van der Waals surface area (Å²) in [6.07, 6.45) is 2.52. The summed E-state index contributed by atoms with van der Waals surface area (Å²) in [7, 11) is 3.35. The predicted octanol–water partition coefficient (Wildman–Crippen LogP) is 2.80. The van der Waals surface area contributed by atoms with E-state index in [1.807, 2.05) is 6.92 Å². The Labute approximate surface area is 122 Å². The van der Waals surface area contributed by atoms with Gasteiger partial charge in [0.2, 0.25) is 0 Å². The van der Waals surface area contributed by atoms with Crippen LogP contribution in [-0.2, 0) is 7.05 Å². The van der Waals surface area contributed by atoms with E-state index >= 15 is 0 Å². The molecule has 0 saturated carbocycles. The van der Waals surface area contributed by atoms with E-state index in [0.29, 0.717) is 11.3 Å². The van der Waals surface area contributed by atoms with Crippen molar-refractivity contribution < 1.29 is 13.5 Å². The third kappa shape index (κ3) is 3.21. The van der Waals surface area contributed by atoms with Gasteiger partial charge in [-0.25, -0.2) is 8.78 Å². The number of hydrogen-bond donors (Lipinski definition) is 1. The van der Waals surface area contributed by atoms with Gasteiger partial charge >= 0.3 is 0 Å². The quantitative estimate of drug-likeness (QED) is 0.890. The molecule has 4 nitrogen and oxygen atoms in total. The smallest absolute Gasteiger partial charge is 0.161 e. The average Bonchev–Trinajstić information content (AvgIpc) is 2.84. The first-order valence-corrected chi connectivity index (χ1v) is 6.82. The van der Waals surface area contributed by atoms with Crippen LogP contribution >= 0.6 is 0 Å². The van der Waals surface area contributed by atoms with Gasteiger partial charge in [0.1, 0.15) is 5.69 Å². The van der Waals surface area contributed by atoms with Crippen LogP contribution in [0.3, 0.4) is 0 Å². The highest BCUT2D eigenvalue weighted by atomic mass is 19.2. The van der Waals surface area contributed by atoms with Gasteiger partial charge in [0.15, 0.2) is 17.4 Å². The number of nitrogens with one attached hydrogen (secondary N) is 1. The minimum Gasteiger partial charge on any atom is -0.493 e. The summed E-state index contributed by atoms with van der Waals surface area (Å²) in [6, 6.07) is 3.59. The SMILES string of the molecule is CCCNC(c1ccc(F)c(F)c1)c1c(OC)cnn1C. The van der Waals surface area contributed by atoms with Gasteiger partial charge in [-0.15, -0.1) is 0 Å². The van der Waals surface area contributed by atoms with E-state index in [9.17, 15) is 8.78 Å². The Balaban J connectivity index is 2.46. The van der Waals surface area contributed by atoms with Crippen LogP contribution in [0.5, 0.6) is 5.75 Å². The molecule has 114 valence electrons. The van der Waals surface area contributed by atoms with Gasteiger partial charge in [-0.05, 0) is 30.7 Å². The molecular formula is C15H19F2N3O. The van der Waals surface area contributed by atoms with Crippen LogP contribution in [0.4, 0.5) is 8.78 Å². The minimum absolute atomic E-state index is 0.317. The van der Waals surface area contributed by atoms with Gasteiger partial charge in [-0.1, -0.05) is 13.0 Å². The third-order valence-corrected chi connectivity index (χ3v) is 3.32. The Morgan fingerprint density at radius 2 is 2.10 bits per heavy atom. The lowest BCUT2D eigenvalue weighted by Gasteiger charge is -2.20. The van der Waals surface area contributed by atoms with Crippen molar-refractivity contribution in [3.63, 3.8) is 0 Å².